The zero-order valence-electron chi connectivity index (χ0n) is 28.5. The zero-order chi connectivity index (χ0) is 34.1. The molecule has 0 amide bonds. The molecule has 0 spiro atoms. The Morgan fingerprint density at radius 2 is 1.48 bits per heavy atom. The van der Waals surface area contributed by atoms with Crippen LogP contribution in [-0.2, 0) is 20.1 Å². The summed E-state index contributed by atoms with van der Waals surface area (Å²) in [4.78, 5) is 14.3. The van der Waals surface area contributed by atoms with Crippen molar-refractivity contribution in [2.45, 2.75) is 19.7 Å². The number of aromatic nitrogens is 4. The van der Waals surface area contributed by atoms with Gasteiger partial charge in [0.2, 0.25) is 0 Å². The number of imidazole rings is 1. The van der Waals surface area contributed by atoms with Gasteiger partial charge in [0.05, 0.1) is 22.6 Å². The number of benzene rings is 5. The second-order valence-electron chi connectivity index (χ2n) is 11.9. The van der Waals surface area contributed by atoms with Gasteiger partial charge in [0, 0.05) is 44.3 Å². The third-order valence-corrected chi connectivity index (χ3v) is 8.47. The third kappa shape index (κ3) is 6.39. The van der Waals surface area contributed by atoms with Crippen LogP contribution in [0.5, 0.6) is 0 Å². The minimum atomic E-state index is -0.717. The summed E-state index contributed by atoms with van der Waals surface area (Å²) in [5.41, 5.74) is 9.63. The van der Waals surface area contributed by atoms with Crippen molar-refractivity contribution in [3.63, 3.8) is 0 Å². The van der Waals surface area contributed by atoms with Crippen molar-refractivity contribution in [1.29, 1.82) is 0 Å². The van der Waals surface area contributed by atoms with Crippen LogP contribution in [0.15, 0.2) is 156 Å². The number of hydrogen-bond acceptors (Lipinski definition) is 4. The number of rotatable bonds is 5. The number of para-hydroxylation sites is 1. The summed E-state index contributed by atoms with van der Waals surface area (Å²) in [5, 5.41) is 2.00. The SMILES string of the molecule is [2H]C(C)(C)c1ccc2c(c1)oc1c(-c3nc4ccc(-c5ccccc5)nc4n3-c3ccccc3)[c-]ccc12.[Ir].[c-]1ccccc1-c1ccccn1. The fourth-order valence-electron chi connectivity index (χ4n) is 6.01. The van der Waals surface area contributed by atoms with Gasteiger partial charge in [0.15, 0.2) is 5.65 Å². The number of pyridine rings is 2. The van der Waals surface area contributed by atoms with Crippen LogP contribution < -0.4 is 0 Å². The molecule has 5 nitrogen and oxygen atoms in total. The van der Waals surface area contributed by atoms with Gasteiger partial charge in [0.1, 0.15) is 5.58 Å². The average molecular weight is 826 g/mol. The van der Waals surface area contributed by atoms with Gasteiger partial charge in [-0.1, -0.05) is 97.6 Å². The van der Waals surface area contributed by atoms with Crippen LogP contribution in [0.25, 0.3) is 72.7 Å². The summed E-state index contributed by atoms with van der Waals surface area (Å²) < 4.78 is 17.0. The van der Waals surface area contributed by atoms with Crippen LogP contribution in [-0.4, -0.2) is 19.5 Å². The van der Waals surface area contributed by atoms with Gasteiger partial charge in [-0.2, -0.15) is 0 Å². The Hall–Kier alpha value is -5.68. The minimum absolute atomic E-state index is 0. The van der Waals surface area contributed by atoms with E-state index in [1.807, 2.05) is 135 Å². The summed E-state index contributed by atoms with van der Waals surface area (Å²) in [6.07, 6.45) is 1.79. The van der Waals surface area contributed by atoms with Gasteiger partial charge in [-0.3, -0.25) is 4.98 Å². The summed E-state index contributed by atoms with van der Waals surface area (Å²) in [7, 11) is 0. The van der Waals surface area contributed by atoms with Crippen LogP contribution in [0.1, 0.15) is 26.7 Å². The van der Waals surface area contributed by atoms with Crippen molar-refractivity contribution in [2.75, 3.05) is 0 Å². The van der Waals surface area contributed by atoms with E-state index in [2.05, 4.69) is 45.9 Å². The molecule has 50 heavy (non-hydrogen) atoms. The van der Waals surface area contributed by atoms with E-state index in [1.165, 1.54) is 0 Å². The molecule has 5 aromatic carbocycles. The Kier molecular flexibility index (Phi) is 9.11. The average Bonchev–Trinajstić information content (AvgIpc) is 3.74. The maximum absolute atomic E-state index is 8.46. The van der Waals surface area contributed by atoms with Crippen molar-refractivity contribution in [3.8, 4) is 39.6 Å². The van der Waals surface area contributed by atoms with Gasteiger partial charge in [-0.25, -0.2) is 4.98 Å². The maximum atomic E-state index is 8.46. The summed E-state index contributed by atoms with van der Waals surface area (Å²) in [6, 6.07) is 54.6. The molecule has 245 valence electrons. The van der Waals surface area contributed by atoms with Gasteiger partial charge in [-0.05, 0) is 53.5 Å². The second kappa shape index (κ2) is 14.4. The van der Waals surface area contributed by atoms with Crippen LogP contribution in [0.4, 0.5) is 0 Å². The van der Waals surface area contributed by atoms with Crippen LogP contribution in [0.3, 0.4) is 0 Å². The van der Waals surface area contributed by atoms with Crippen molar-refractivity contribution < 1.29 is 25.9 Å². The van der Waals surface area contributed by atoms with Crippen molar-refractivity contribution in [3.05, 3.63) is 169 Å². The van der Waals surface area contributed by atoms with E-state index in [4.69, 9.17) is 15.8 Å². The quantitative estimate of drug-likeness (QED) is 0.162. The topological polar surface area (TPSA) is 56.7 Å². The number of hydrogen-bond donors (Lipinski definition) is 0. The van der Waals surface area contributed by atoms with E-state index < -0.39 is 5.89 Å². The standard InChI is InChI=1S/C33H24N3O.C11H8N.Ir/c1-21(2)23-16-17-25-26-14-9-15-27(31(26)37-30(25)20-23)32-35-29-19-18-28(22-10-5-3-6-11-22)34-33(29)36(32)24-12-7-4-8-13-24;1-2-6-10(7-3-1)11-8-4-5-9-12-11;/h3-14,16-21H,1-2H3;1-6,8-9H;/q2*-1;/i21D;;. The van der Waals surface area contributed by atoms with Gasteiger partial charge < -0.3 is 14.0 Å². The van der Waals surface area contributed by atoms with Gasteiger partial charge >= 0.3 is 0 Å². The molecule has 9 rings (SSSR count). The second-order valence-corrected chi connectivity index (χ2v) is 11.9. The molecular weight excluding hydrogens is 793 g/mol. The smallest absolute Gasteiger partial charge is 0.156 e. The molecule has 0 saturated heterocycles. The summed E-state index contributed by atoms with van der Waals surface area (Å²) >= 11 is 0. The first-order valence-electron chi connectivity index (χ1n) is 16.7. The molecule has 4 aromatic heterocycles. The number of furan rings is 1. The molecule has 4 heterocycles. The van der Waals surface area contributed by atoms with Gasteiger partial charge in [-0.15, -0.1) is 54.1 Å². The van der Waals surface area contributed by atoms with Gasteiger partial charge in [0.25, 0.3) is 0 Å². The van der Waals surface area contributed by atoms with E-state index in [0.717, 1.165) is 78.3 Å². The molecule has 0 atom stereocenters. The number of fused-ring (bicyclic) bond motifs is 4. The minimum Gasteiger partial charge on any atom is -0.501 e. The summed E-state index contributed by atoms with van der Waals surface area (Å²) in [6.45, 7) is 3.77. The van der Waals surface area contributed by atoms with E-state index in [1.54, 1.807) is 6.20 Å². The molecule has 0 unspecified atom stereocenters. The van der Waals surface area contributed by atoms with Crippen LogP contribution >= 0.6 is 0 Å². The van der Waals surface area contributed by atoms with Crippen molar-refractivity contribution in [2.24, 2.45) is 0 Å². The Morgan fingerprint density at radius 3 is 2.22 bits per heavy atom. The molecule has 0 saturated carbocycles. The predicted molar refractivity (Wildman–Crippen MR) is 198 cm³/mol. The first kappa shape index (κ1) is 31.6. The first-order valence-corrected chi connectivity index (χ1v) is 16.2. The molecular formula is C44H32IrN4O-2. The predicted octanol–water partition coefficient (Wildman–Crippen LogP) is 11.1. The molecule has 0 N–H and O–H groups in total. The molecule has 0 bridgehead atoms. The van der Waals surface area contributed by atoms with E-state index in [9.17, 15) is 0 Å². The van der Waals surface area contributed by atoms with Crippen LogP contribution in [0, 0.1) is 12.1 Å². The number of nitrogens with zero attached hydrogens (tertiary/aromatic N) is 4. The van der Waals surface area contributed by atoms with E-state index in [0.29, 0.717) is 0 Å². The Balaban J connectivity index is 0.000000265. The maximum Gasteiger partial charge on any atom is 0.156 e. The first-order chi connectivity index (χ1) is 24.4. The molecule has 0 aliphatic rings. The summed E-state index contributed by atoms with van der Waals surface area (Å²) in [5.74, 6) is 0.000506. The van der Waals surface area contributed by atoms with Crippen LogP contribution in [0.2, 0.25) is 0 Å². The Bertz CT molecular complexity index is 2530. The molecule has 9 aromatic rings. The third-order valence-electron chi connectivity index (χ3n) is 8.47. The molecule has 0 aliphatic heterocycles. The Labute approximate surface area is 306 Å². The Morgan fingerprint density at radius 1 is 0.700 bits per heavy atom. The normalized spacial score (nSPS) is 11.5. The fraction of sp³-hybridized carbons (Fsp3) is 0.0682. The van der Waals surface area contributed by atoms with E-state index in [-0.39, 0.29) is 20.1 Å². The largest absolute Gasteiger partial charge is 0.501 e. The fourth-order valence-corrected chi connectivity index (χ4v) is 6.01. The molecule has 1 radical (unpaired) electrons. The van der Waals surface area contributed by atoms with E-state index >= 15 is 0 Å². The molecule has 0 aliphatic carbocycles. The van der Waals surface area contributed by atoms with Crippen molar-refractivity contribution >= 4 is 33.1 Å². The van der Waals surface area contributed by atoms with Crippen molar-refractivity contribution in [1.82, 2.24) is 19.5 Å². The monoisotopic (exact) mass is 826 g/mol. The molecule has 0 fully saturated rings. The molecule has 6 heteroatoms. The zero-order valence-corrected chi connectivity index (χ0v) is 29.9.